The Morgan fingerprint density at radius 1 is 1.30 bits per heavy atom. The van der Waals surface area contributed by atoms with Crippen LogP contribution in [-0.4, -0.2) is 26.4 Å². The van der Waals surface area contributed by atoms with Gasteiger partial charge >= 0.3 is 0 Å². The van der Waals surface area contributed by atoms with Crippen molar-refractivity contribution in [2.75, 3.05) is 14.2 Å². The highest BCUT2D eigenvalue weighted by atomic mass is 19.1. The lowest BCUT2D eigenvalue weighted by Gasteiger charge is -2.28. The maximum atomic E-state index is 13.8. The fraction of sp³-hybridized carbons (Fsp3) is 0.625. The van der Waals surface area contributed by atoms with E-state index in [2.05, 4.69) is 5.32 Å². The minimum atomic E-state index is -0.191. The van der Waals surface area contributed by atoms with Crippen LogP contribution in [-0.2, 0) is 22.6 Å². The lowest BCUT2D eigenvalue weighted by molar-refractivity contribution is -0.0369. The Kier molecular flexibility index (Phi) is 5.95. The summed E-state index contributed by atoms with van der Waals surface area (Å²) >= 11 is 0. The largest absolute Gasteiger partial charge is 0.381 e. The highest BCUT2D eigenvalue weighted by Gasteiger charge is 2.22. The van der Waals surface area contributed by atoms with Crippen LogP contribution in [0, 0.1) is 5.82 Å². The molecule has 0 saturated heterocycles. The summed E-state index contributed by atoms with van der Waals surface area (Å²) in [5, 5.41) is 3.07. The number of ether oxygens (including phenoxy) is 2. The average Bonchev–Trinajstić information content (AvgIpc) is 2.48. The SMILES string of the molecule is CNCc1ccc(F)c(COC2CCCC(OC)C2)c1. The van der Waals surface area contributed by atoms with Crippen molar-refractivity contribution in [2.24, 2.45) is 0 Å². The van der Waals surface area contributed by atoms with E-state index in [-0.39, 0.29) is 18.0 Å². The van der Waals surface area contributed by atoms with E-state index >= 15 is 0 Å². The third-order valence-electron chi connectivity index (χ3n) is 3.88. The summed E-state index contributed by atoms with van der Waals surface area (Å²) in [7, 11) is 3.63. The van der Waals surface area contributed by atoms with Gasteiger partial charge in [0, 0.05) is 19.2 Å². The number of nitrogens with one attached hydrogen (secondary N) is 1. The van der Waals surface area contributed by atoms with Crippen molar-refractivity contribution in [3.63, 3.8) is 0 Å². The number of halogens is 1. The molecule has 1 N–H and O–H groups in total. The summed E-state index contributed by atoms with van der Waals surface area (Å²) in [4.78, 5) is 0. The molecule has 4 heteroatoms. The Bertz CT molecular complexity index is 425. The van der Waals surface area contributed by atoms with Crippen LogP contribution in [0.25, 0.3) is 0 Å². The average molecular weight is 281 g/mol. The highest BCUT2D eigenvalue weighted by Crippen LogP contribution is 2.24. The highest BCUT2D eigenvalue weighted by molar-refractivity contribution is 5.24. The van der Waals surface area contributed by atoms with Gasteiger partial charge in [-0.25, -0.2) is 4.39 Å². The zero-order valence-corrected chi connectivity index (χ0v) is 12.3. The molecule has 0 spiro atoms. The van der Waals surface area contributed by atoms with Gasteiger partial charge in [-0.05, 0) is 50.4 Å². The first-order valence-corrected chi connectivity index (χ1v) is 7.29. The molecule has 2 rings (SSSR count). The molecule has 112 valence electrons. The maximum Gasteiger partial charge on any atom is 0.128 e. The van der Waals surface area contributed by atoms with Crippen LogP contribution in [0.2, 0.25) is 0 Å². The predicted molar refractivity (Wildman–Crippen MR) is 77.0 cm³/mol. The zero-order chi connectivity index (χ0) is 14.4. The van der Waals surface area contributed by atoms with Gasteiger partial charge in [-0.3, -0.25) is 0 Å². The van der Waals surface area contributed by atoms with E-state index in [0.29, 0.717) is 12.2 Å². The van der Waals surface area contributed by atoms with Crippen LogP contribution in [0.3, 0.4) is 0 Å². The van der Waals surface area contributed by atoms with Gasteiger partial charge in [0.2, 0.25) is 0 Å². The quantitative estimate of drug-likeness (QED) is 0.869. The van der Waals surface area contributed by atoms with Crippen molar-refractivity contribution < 1.29 is 13.9 Å². The first-order chi connectivity index (χ1) is 9.72. The molecule has 1 fully saturated rings. The van der Waals surface area contributed by atoms with Gasteiger partial charge in [-0.2, -0.15) is 0 Å². The topological polar surface area (TPSA) is 30.5 Å². The van der Waals surface area contributed by atoms with Crippen molar-refractivity contribution in [3.05, 3.63) is 35.1 Å². The van der Waals surface area contributed by atoms with E-state index in [4.69, 9.17) is 9.47 Å². The van der Waals surface area contributed by atoms with Crippen LogP contribution >= 0.6 is 0 Å². The number of hydrogen-bond acceptors (Lipinski definition) is 3. The Morgan fingerprint density at radius 3 is 2.85 bits per heavy atom. The van der Waals surface area contributed by atoms with Crippen molar-refractivity contribution in [1.29, 1.82) is 0 Å². The molecular formula is C16H24FNO2. The minimum absolute atomic E-state index is 0.182. The van der Waals surface area contributed by atoms with Gasteiger partial charge in [0.1, 0.15) is 5.82 Å². The van der Waals surface area contributed by atoms with Gasteiger partial charge in [-0.15, -0.1) is 0 Å². The van der Waals surface area contributed by atoms with Gasteiger partial charge < -0.3 is 14.8 Å². The van der Waals surface area contributed by atoms with Crippen molar-refractivity contribution >= 4 is 0 Å². The Labute approximate surface area is 120 Å². The van der Waals surface area contributed by atoms with Crippen molar-refractivity contribution in [3.8, 4) is 0 Å². The molecule has 0 aliphatic heterocycles. The normalized spacial score (nSPS) is 22.9. The van der Waals surface area contributed by atoms with E-state index in [1.165, 1.54) is 6.07 Å². The summed E-state index contributed by atoms with van der Waals surface area (Å²) in [5.41, 5.74) is 1.71. The first-order valence-electron chi connectivity index (χ1n) is 7.29. The molecule has 1 aliphatic rings. The summed E-state index contributed by atoms with van der Waals surface area (Å²) < 4.78 is 25.0. The summed E-state index contributed by atoms with van der Waals surface area (Å²) in [6.07, 6.45) is 4.63. The molecule has 3 nitrogen and oxygen atoms in total. The molecule has 0 amide bonds. The second-order valence-corrected chi connectivity index (χ2v) is 5.41. The lowest BCUT2D eigenvalue weighted by Crippen LogP contribution is -2.27. The molecular weight excluding hydrogens is 257 g/mol. The Morgan fingerprint density at radius 2 is 2.10 bits per heavy atom. The molecule has 1 aliphatic carbocycles. The molecule has 1 aromatic rings. The lowest BCUT2D eigenvalue weighted by atomic mass is 9.95. The van der Waals surface area contributed by atoms with Gasteiger partial charge in [-0.1, -0.05) is 6.07 Å². The fourth-order valence-electron chi connectivity index (χ4n) is 2.73. The van der Waals surface area contributed by atoms with E-state index in [0.717, 1.165) is 37.8 Å². The van der Waals surface area contributed by atoms with E-state index < -0.39 is 0 Å². The smallest absolute Gasteiger partial charge is 0.128 e. The number of rotatable bonds is 6. The van der Waals surface area contributed by atoms with Crippen LogP contribution in [0.5, 0.6) is 0 Å². The minimum Gasteiger partial charge on any atom is -0.381 e. The van der Waals surface area contributed by atoms with E-state index in [1.807, 2.05) is 13.1 Å². The zero-order valence-electron chi connectivity index (χ0n) is 12.3. The standard InChI is InChI=1S/C16H24FNO2/c1-18-10-12-6-7-16(17)13(8-12)11-20-15-5-3-4-14(9-15)19-2/h6-8,14-15,18H,3-5,9-11H2,1-2H3. The molecule has 20 heavy (non-hydrogen) atoms. The molecule has 1 saturated carbocycles. The molecule has 0 bridgehead atoms. The summed E-state index contributed by atoms with van der Waals surface area (Å²) in [5.74, 6) is -0.191. The fourth-order valence-corrected chi connectivity index (χ4v) is 2.73. The van der Waals surface area contributed by atoms with E-state index in [9.17, 15) is 4.39 Å². The van der Waals surface area contributed by atoms with E-state index in [1.54, 1.807) is 13.2 Å². The van der Waals surface area contributed by atoms with Gasteiger partial charge in [0.15, 0.2) is 0 Å². The third kappa shape index (κ3) is 4.27. The Balaban J connectivity index is 1.91. The third-order valence-corrected chi connectivity index (χ3v) is 3.88. The summed E-state index contributed by atoms with van der Waals surface area (Å²) in [6.45, 7) is 1.08. The van der Waals surface area contributed by atoms with Crippen LogP contribution in [0.4, 0.5) is 4.39 Å². The molecule has 2 unspecified atom stereocenters. The molecule has 1 aromatic carbocycles. The maximum absolute atomic E-state index is 13.8. The number of methoxy groups -OCH3 is 1. The van der Waals surface area contributed by atoms with Crippen molar-refractivity contribution in [2.45, 2.75) is 51.0 Å². The summed E-state index contributed by atoms with van der Waals surface area (Å²) in [6, 6.07) is 5.20. The molecule has 0 heterocycles. The van der Waals surface area contributed by atoms with Gasteiger partial charge in [0.05, 0.1) is 18.8 Å². The monoisotopic (exact) mass is 281 g/mol. The predicted octanol–water partition coefficient (Wildman–Crippen LogP) is 3.02. The Hall–Kier alpha value is -0.970. The van der Waals surface area contributed by atoms with Crippen LogP contribution in [0.1, 0.15) is 36.8 Å². The molecule has 0 aromatic heterocycles. The van der Waals surface area contributed by atoms with Crippen LogP contribution in [0.15, 0.2) is 18.2 Å². The first kappa shape index (κ1) is 15.4. The second kappa shape index (κ2) is 7.72. The number of benzene rings is 1. The number of hydrogen-bond donors (Lipinski definition) is 1. The molecule has 2 atom stereocenters. The van der Waals surface area contributed by atoms with Crippen LogP contribution < -0.4 is 5.32 Å². The second-order valence-electron chi connectivity index (χ2n) is 5.41. The van der Waals surface area contributed by atoms with Gasteiger partial charge in [0.25, 0.3) is 0 Å². The van der Waals surface area contributed by atoms with Crippen molar-refractivity contribution in [1.82, 2.24) is 5.32 Å². The molecule has 0 radical (unpaired) electrons.